The van der Waals surface area contributed by atoms with Crippen LogP contribution >= 0.6 is 11.6 Å². The standard InChI is InChI=1S/C10H6ClF2NO/c11-6-2-1-3-7-5(6)4-8(15)9(14-7)10(12)13/h1-4,10,15H. The minimum absolute atomic E-state index is 0.343. The van der Waals surface area contributed by atoms with Gasteiger partial charge in [0.1, 0.15) is 11.4 Å². The van der Waals surface area contributed by atoms with Crippen molar-refractivity contribution >= 4 is 22.5 Å². The number of rotatable bonds is 1. The number of nitrogens with zero attached hydrogens (tertiary/aromatic N) is 1. The summed E-state index contributed by atoms with van der Waals surface area (Å²) in [6.07, 6.45) is -2.80. The van der Waals surface area contributed by atoms with Gasteiger partial charge < -0.3 is 5.11 Å². The van der Waals surface area contributed by atoms with Gasteiger partial charge >= 0.3 is 0 Å². The van der Waals surface area contributed by atoms with Crippen molar-refractivity contribution in [1.29, 1.82) is 0 Å². The maximum absolute atomic E-state index is 12.4. The van der Waals surface area contributed by atoms with Gasteiger partial charge in [0.2, 0.25) is 0 Å². The summed E-state index contributed by atoms with van der Waals surface area (Å²) in [5.41, 5.74) is -0.277. The molecule has 15 heavy (non-hydrogen) atoms. The molecule has 0 amide bonds. The van der Waals surface area contributed by atoms with Crippen molar-refractivity contribution < 1.29 is 13.9 Å². The lowest BCUT2D eigenvalue weighted by atomic mass is 10.2. The fraction of sp³-hybridized carbons (Fsp3) is 0.100. The summed E-state index contributed by atoms with van der Waals surface area (Å²) in [5, 5.41) is 10.1. The molecule has 1 N–H and O–H groups in total. The van der Waals surface area contributed by atoms with Crippen LogP contribution in [0.5, 0.6) is 5.75 Å². The molecule has 0 aliphatic carbocycles. The van der Waals surface area contributed by atoms with Crippen LogP contribution in [-0.2, 0) is 0 Å². The van der Waals surface area contributed by atoms with Crippen LogP contribution in [-0.4, -0.2) is 10.1 Å². The van der Waals surface area contributed by atoms with Crippen molar-refractivity contribution in [2.45, 2.75) is 6.43 Å². The topological polar surface area (TPSA) is 33.1 Å². The Balaban J connectivity index is 2.76. The van der Waals surface area contributed by atoms with Gasteiger partial charge in [-0.2, -0.15) is 0 Å². The molecule has 0 atom stereocenters. The molecule has 0 saturated carbocycles. The molecule has 0 aliphatic heterocycles. The second-order valence-corrected chi connectivity index (χ2v) is 3.41. The van der Waals surface area contributed by atoms with Crippen molar-refractivity contribution in [2.75, 3.05) is 0 Å². The number of alkyl halides is 2. The van der Waals surface area contributed by atoms with E-state index in [2.05, 4.69) is 4.98 Å². The van der Waals surface area contributed by atoms with Crippen LogP contribution in [0.15, 0.2) is 24.3 Å². The Labute approximate surface area is 89.1 Å². The molecular weight excluding hydrogens is 224 g/mol. The summed E-state index contributed by atoms with van der Waals surface area (Å²) >= 11 is 5.82. The highest BCUT2D eigenvalue weighted by Crippen LogP contribution is 2.32. The molecule has 1 aromatic carbocycles. The predicted molar refractivity (Wildman–Crippen MR) is 53.4 cm³/mol. The van der Waals surface area contributed by atoms with Crippen LogP contribution in [0.3, 0.4) is 0 Å². The Morgan fingerprint density at radius 1 is 1.33 bits per heavy atom. The molecule has 0 fully saturated rings. The zero-order valence-electron chi connectivity index (χ0n) is 7.42. The van der Waals surface area contributed by atoms with Crippen LogP contribution in [0.1, 0.15) is 12.1 Å². The van der Waals surface area contributed by atoms with Gasteiger partial charge in [0.25, 0.3) is 6.43 Å². The monoisotopic (exact) mass is 229 g/mol. The van der Waals surface area contributed by atoms with Crippen molar-refractivity contribution in [3.63, 3.8) is 0 Å². The van der Waals surface area contributed by atoms with Crippen LogP contribution in [0.2, 0.25) is 5.02 Å². The number of fused-ring (bicyclic) bond motifs is 1. The van der Waals surface area contributed by atoms with Gasteiger partial charge in [0.15, 0.2) is 0 Å². The lowest BCUT2D eigenvalue weighted by Crippen LogP contribution is -1.92. The van der Waals surface area contributed by atoms with Crippen molar-refractivity contribution in [3.05, 3.63) is 35.0 Å². The molecule has 78 valence electrons. The molecule has 2 aromatic rings. The summed E-state index contributed by atoms with van der Waals surface area (Å²) in [6, 6.07) is 5.98. The molecule has 2 nitrogen and oxygen atoms in total. The third kappa shape index (κ3) is 1.72. The van der Waals surface area contributed by atoms with E-state index in [9.17, 15) is 13.9 Å². The Kier molecular flexibility index (Phi) is 2.44. The van der Waals surface area contributed by atoms with E-state index < -0.39 is 17.9 Å². The Hall–Kier alpha value is -1.42. The van der Waals surface area contributed by atoms with E-state index in [1.54, 1.807) is 18.2 Å². The van der Waals surface area contributed by atoms with Crippen LogP contribution in [0, 0.1) is 0 Å². The zero-order valence-corrected chi connectivity index (χ0v) is 8.17. The summed E-state index contributed by atoms with van der Waals surface area (Å²) in [5.74, 6) is -0.536. The third-order valence-electron chi connectivity index (χ3n) is 2.02. The van der Waals surface area contributed by atoms with Gasteiger partial charge in [-0.05, 0) is 18.2 Å². The van der Waals surface area contributed by atoms with Crippen molar-refractivity contribution in [1.82, 2.24) is 4.98 Å². The first kappa shape index (κ1) is 10.1. The van der Waals surface area contributed by atoms with Crippen molar-refractivity contribution in [2.24, 2.45) is 0 Å². The minimum atomic E-state index is -2.80. The first-order valence-electron chi connectivity index (χ1n) is 4.16. The van der Waals surface area contributed by atoms with E-state index >= 15 is 0 Å². The quantitative estimate of drug-likeness (QED) is 0.812. The summed E-state index contributed by atoms with van der Waals surface area (Å²) in [7, 11) is 0. The molecule has 2 rings (SSSR count). The zero-order chi connectivity index (χ0) is 11.0. The van der Waals surface area contributed by atoms with Gasteiger partial charge in [-0.3, -0.25) is 0 Å². The van der Waals surface area contributed by atoms with E-state index in [4.69, 9.17) is 11.6 Å². The SMILES string of the molecule is Oc1cc2c(Cl)cccc2nc1C(F)F. The second kappa shape index (κ2) is 3.62. The third-order valence-corrected chi connectivity index (χ3v) is 2.35. The smallest absolute Gasteiger partial charge is 0.284 e. The van der Waals surface area contributed by atoms with Crippen LogP contribution in [0.4, 0.5) is 8.78 Å². The summed E-state index contributed by atoms with van der Waals surface area (Å²) in [6.45, 7) is 0. The average Bonchev–Trinajstić information content (AvgIpc) is 2.18. The number of hydrogen-bond acceptors (Lipinski definition) is 2. The molecule has 0 radical (unpaired) electrons. The molecule has 1 heterocycles. The molecule has 0 unspecified atom stereocenters. The summed E-state index contributed by atoms with van der Waals surface area (Å²) < 4.78 is 24.8. The van der Waals surface area contributed by atoms with E-state index in [1.165, 1.54) is 6.07 Å². The highest BCUT2D eigenvalue weighted by Gasteiger charge is 2.16. The molecule has 1 aromatic heterocycles. The maximum atomic E-state index is 12.4. The van der Waals surface area contributed by atoms with Gasteiger partial charge in [0.05, 0.1) is 10.5 Å². The normalized spacial score (nSPS) is 11.2. The Morgan fingerprint density at radius 3 is 2.73 bits per heavy atom. The highest BCUT2D eigenvalue weighted by molar-refractivity contribution is 6.35. The number of aromatic hydroxyl groups is 1. The molecule has 5 heteroatoms. The largest absolute Gasteiger partial charge is 0.506 e. The maximum Gasteiger partial charge on any atom is 0.284 e. The molecule has 0 aliphatic rings. The van der Waals surface area contributed by atoms with Gasteiger partial charge in [0, 0.05) is 5.39 Å². The lowest BCUT2D eigenvalue weighted by Gasteiger charge is -2.05. The number of aromatic nitrogens is 1. The van der Waals surface area contributed by atoms with E-state index in [-0.39, 0.29) is 0 Å². The van der Waals surface area contributed by atoms with Crippen LogP contribution in [0.25, 0.3) is 10.9 Å². The Bertz CT molecular complexity index is 516. The first-order valence-corrected chi connectivity index (χ1v) is 4.53. The molecule has 0 bridgehead atoms. The Morgan fingerprint density at radius 2 is 2.07 bits per heavy atom. The fourth-order valence-electron chi connectivity index (χ4n) is 1.32. The molecule has 0 spiro atoms. The summed E-state index contributed by atoms with van der Waals surface area (Å²) in [4.78, 5) is 3.65. The second-order valence-electron chi connectivity index (χ2n) is 3.00. The van der Waals surface area contributed by atoms with Gasteiger partial charge in [-0.1, -0.05) is 17.7 Å². The highest BCUT2D eigenvalue weighted by atomic mass is 35.5. The van der Waals surface area contributed by atoms with Crippen LogP contribution < -0.4 is 0 Å². The number of halogens is 3. The molecular formula is C10H6ClF2NO. The predicted octanol–water partition coefficient (Wildman–Crippen LogP) is 3.53. The van der Waals surface area contributed by atoms with E-state index in [1.807, 2.05) is 0 Å². The van der Waals surface area contributed by atoms with E-state index in [0.29, 0.717) is 15.9 Å². The molecule has 0 saturated heterocycles. The number of benzene rings is 1. The van der Waals surface area contributed by atoms with Gasteiger partial charge in [-0.15, -0.1) is 0 Å². The minimum Gasteiger partial charge on any atom is -0.506 e. The number of hydrogen-bond donors (Lipinski definition) is 1. The fourth-order valence-corrected chi connectivity index (χ4v) is 1.55. The number of pyridine rings is 1. The first-order chi connectivity index (χ1) is 7.09. The van der Waals surface area contributed by atoms with Gasteiger partial charge in [-0.25, -0.2) is 13.8 Å². The van der Waals surface area contributed by atoms with E-state index in [0.717, 1.165) is 0 Å². The average molecular weight is 230 g/mol. The van der Waals surface area contributed by atoms with Crippen molar-refractivity contribution in [3.8, 4) is 5.75 Å². The lowest BCUT2D eigenvalue weighted by molar-refractivity contribution is 0.142.